The lowest BCUT2D eigenvalue weighted by Crippen LogP contribution is -2.43. The first-order valence-corrected chi connectivity index (χ1v) is 11.2. The summed E-state index contributed by atoms with van der Waals surface area (Å²) >= 11 is 1.47. The number of aromatic nitrogens is 3. The molecule has 0 saturated carbocycles. The third kappa shape index (κ3) is 4.69. The molecule has 7 heteroatoms. The van der Waals surface area contributed by atoms with Gasteiger partial charge in [-0.15, -0.1) is 10.2 Å². The van der Waals surface area contributed by atoms with Crippen LogP contribution < -0.4 is 4.90 Å². The Balaban J connectivity index is 1.85. The van der Waals surface area contributed by atoms with Crippen molar-refractivity contribution in [2.45, 2.75) is 64.2 Å². The Kier molecular flexibility index (Phi) is 6.99. The van der Waals surface area contributed by atoms with Crippen LogP contribution in [-0.2, 0) is 4.79 Å². The highest BCUT2D eigenvalue weighted by Crippen LogP contribution is 2.28. The maximum Gasteiger partial charge on any atom is 0.233 e. The van der Waals surface area contributed by atoms with Gasteiger partial charge in [0.15, 0.2) is 5.16 Å². The highest BCUT2D eigenvalue weighted by Gasteiger charge is 2.24. The van der Waals surface area contributed by atoms with Crippen LogP contribution in [0.25, 0.3) is 5.69 Å². The molecule has 1 amide bonds. The van der Waals surface area contributed by atoms with Gasteiger partial charge in [0.2, 0.25) is 11.9 Å². The molecule has 0 unspecified atom stereocenters. The molecule has 1 fully saturated rings. The number of rotatable bonds is 7. The Morgan fingerprint density at radius 3 is 2.29 bits per heavy atom. The molecule has 1 aromatic heterocycles. The van der Waals surface area contributed by atoms with Crippen LogP contribution in [0.4, 0.5) is 5.95 Å². The number of carbonyl (C=O) groups excluding carboxylic acids is 1. The third-order valence-corrected chi connectivity index (χ3v) is 5.91. The number of anilines is 1. The summed E-state index contributed by atoms with van der Waals surface area (Å²) in [5, 5.41) is 9.73. The summed E-state index contributed by atoms with van der Waals surface area (Å²) in [5.41, 5.74) is 1.03. The predicted molar refractivity (Wildman–Crippen MR) is 115 cm³/mol. The number of para-hydroxylation sites is 1. The quantitative estimate of drug-likeness (QED) is 0.657. The van der Waals surface area contributed by atoms with Gasteiger partial charge in [-0.2, -0.15) is 0 Å². The first-order valence-electron chi connectivity index (χ1n) is 10.2. The molecule has 1 aliphatic rings. The van der Waals surface area contributed by atoms with Crippen LogP contribution in [0.1, 0.15) is 47.0 Å². The Labute approximate surface area is 172 Å². The van der Waals surface area contributed by atoms with Gasteiger partial charge in [0.1, 0.15) is 0 Å². The fourth-order valence-corrected chi connectivity index (χ4v) is 4.65. The average Bonchev–Trinajstić information content (AvgIpc) is 3.11. The van der Waals surface area contributed by atoms with Crippen molar-refractivity contribution < 1.29 is 4.79 Å². The molecule has 1 saturated heterocycles. The van der Waals surface area contributed by atoms with Crippen LogP contribution in [-0.4, -0.2) is 56.5 Å². The van der Waals surface area contributed by atoms with E-state index in [1.807, 2.05) is 23.1 Å². The fourth-order valence-electron chi connectivity index (χ4n) is 3.83. The summed E-state index contributed by atoms with van der Waals surface area (Å²) in [5.74, 6) is 1.38. The second kappa shape index (κ2) is 9.45. The van der Waals surface area contributed by atoms with Crippen LogP contribution in [0.15, 0.2) is 35.5 Å². The largest absolute Gasteiger partial charge is 0.341 e. The molecule has 0 aliphatic carbocycles. The Hall–Kier alpha value is -2.02. The number of benzene rings is 1. The van der Waals surface area contributed by atoms with Crippen LogP contribution in [0, 0.1) is 0 Å². The second-order valence-corrected chi connectivity index (χ2v) is 8.72. The Bertz CT molecular complexity index is 760. The number of nitrogens with zero attached hydrogens (tertiary/aromatic N) is 5. The van der Waals surface area contributed by atoms with Gasteiger partial charge in [0.05, 0.1) is 11.4 Å². The van der Waals surface area contributed by atoms with E-state index in [-0.39, 0.29) is 18.0 Å². The van der Waals surface area contributed by atoms with Crippen molar-refractivity contribution in [2.75, 3.05) is 23.7 Å². The molecule has 2 aromatic rings. The number of hydrogen-bond acceptors (Lipinski definition) is 5. The van der Waals surface area contributed by atoms with Crippen LogP contribution >= 0.6 is 11.8 Å². The molecule has 6 nitrogen and oxygen atoms in total. The highest BCUT2D eigenvalue weighted by atomic mass is 32.2. The van der Waals surface area contributed by atoms with Crippen molar-refractivity contribution in [3.05, 3.63) is 30.3 Å². The molecule has 2 heterocycles. The molecule has 1 aromatic carbocycles. The summed E-state index contributed by atoms with van der Waals surface area (Å²) in [4.78, 5) is 17.0. The molecule has 0 radical (unpaired) electrons. The van der Waals surface area contributed by atoms with Gasteiger partial charge in [0, 0.05) is 25.2 Å². The zero-order valence-electron chi connectivity index (χ0n) is 17.3. The number of piperidine rings is 1. The van der Waals surface area contributed by atoms with Crippen molar-refractivity contribution >= 4 is 23.6 Å². The molecule has 0 bridgehead atoms. The van der Waals surface area contributed by atoms with Gasteiger partial charge in [-0.1, -0.05) is 30.0 Å². The van der Waals surface area contributed by atoms with Crippen molar-refractivity contribution in [1.29, 1.82) is 0 Å². The van der Waals surface area contributed by atoms with Crippen LogP contribution in [0.3, 0.4) is 0 Å². The van der Waals surface area contributed by atoms with Crippen molar-refractivity contribution in [3.8, 4) is 5.69 Å². The van der Waals surface area contributed by atoms with E-state index < -0.39 is 0 Å². The summed E-state index contributed by atoms with van der Waals surface area (Å²) in [6.07, 6.45) is 3.63. The standard InChI is InChI=1S/C21H31N5OS/c1-16(2)25(17(3)4)19(27)15-28-21-23-22-20(24-13-9-6-10-14-24)26(21)18-11-7-5-8-12-18/h5,7-8,11-12,16-17H,6,9-10,13-15H2,1-4H3. The van der Waals surface area contributed by atoms with E-state index in [0.717, 1.165) is 29.9 Å². The monoisotopic (exact) mass is 401 g/mol. The number of carbonyl (C=O) groups is 1. The second-order valence-electron chi connectivity index (χ2n) is 7.78. The minimum Gasteiger partial charge on any atom is -0.341 e. The van der Waals surface area contributed by atoms with E-state index in [0.29, 0.717) is 5.75 Å². The van der Waals surface area contributed by atoms with Crippen molar-refractivity contribution in [1.82, 2.24) is 19.7 Å². The van der Waals surface area contributed by atoms with E-state index in [2.05, 4.69) is 59.5 Å². The maximum atomic E-state index is 12.8. The molecular weight excluding hydrogens is 370 g/mol. The van der Waals surface area contributed by atoms with E-state index in [4.69, 9.17) is 0 Å². The minimum atomic E-state index is 0.136. The molecule has 1 aliphatic heterocycles. The third-order valence-electron chi connectivity index (χ3n) is 4.99. The Morgan fingerprint density at radius 2 is 1.68 bits per heavy atom. The molecule has 28 heavy (non-hydrogen) atoms. The van der Waals surface area contributed by atoms with E-state index in [9.17, 15) is 4.79 Å². The molecule has 0 spiro atoms. The van der Waals surface area contributed by atoms with Crippen LogP contribution in [0.5, 0.6) is 0 Å². The number of hydrogen-bond donors (Lipinski definition) is 0. The average molecular weight is 402 g/mol. The van der Waals surface area contributed by atoms with E-state index in [1.54, 1.807) is 0 Å². The first-order chi connectivity index (χ1) is 13.5. The molecular formula is C21H31N5OS. The Morgan fingerprint density at radius 1 is 1.04 bits per heavy atom. The summed E-state index contributed by atoms with van der Waals surface area (Å²) in [7, 11) is 0. The van der Waals surface area contributed by atoms with E-state index in [1.165, 1.54) is 31.0 Å². The summed E-state index contributed by atoms with van der Waals surface area (Å²) in [6, 6.07) is 10.6. The zero-order chi connectivity index (χ0) is 20.1. The fraction of sp³-hybridized carbons (Fsp3) is 0.571. The highest BCUT2D eigenvalue weighted by molar-refractivity contribution is 7.99. The number of thioether (sulfide) groups is 1. The van der Waals surface area contributed by atoms with Gasteiger partial charge < -0.3 is 9.80 Å². The lowest BCUT2D eigenvalue weighted by molar-refractivity contribution is -0.131. The topological polar surface area (TPSA) is 54.3 Å². The molecule has 3 rings (SSSR count). The van der Waals surface area contributed by atoms with Crippen LogP contribution in [0.2, 0.25) is 0 Å². The lowest BCUT2D eigenvalue weighted by Gasteiger charge is -2.30. The van der Waals surface area contributed by atoms with Gasteiger partial charge in [0.25, 0.3) is 0 Å². The summed E-state index contributed by atoms with van der Waals surface area (Å²) < 4.78 is 2.10. The maximum absolute atomic E-state index is 12.8. The number of amides is 1. The van der Waals surface area contributed by atoms with Gasteiger partial charge in [-0.05, 0) is 59.1 Å². The van der Waals surface area contributed by atoms with Crippen molar-refractivity contribution in [2.24, 2.45) is 0 Å². The zero-order valence-corrected chi connectivity index (χ0v) is 18.2. The molecule has 152 valence electrons. The van der Waals surface area contributed by atoms with Gasteiger partial charge >= 0.3 is 0 Å². The van der Waals surface area contributed by atoms with Gasteiger partial charge in [-0.25, -0.2) is 0 Å². The summed E-state index contributed by atoms with van der Waals surface area (Å²) in [6.45, 7) is 10.2. The molecule has 0 atom stereocenters. The predicted octanol–water partition coefficient (Wildman–Crippen LogP) is 4.00. The minimum absolute atomic E-state index is 0.136. The van der Waals surface area contributed by atoms with E-state index >= 15 is 0 Å². The first kappa shape index (κ1) is 20.7. The van der Waals surface area contributed by atoms with Gasteiger partial charge in [-0.3, -0.25) is 9.36 Å². The smallest absolute Gasteiger partial charge is 0.233 e. The molecule has 0 N–H and O–H groups in total. The lowest BCUT2D eigenvalue weighted by atomic mass is 10.1. The normalized spacial score (nSPS) is 14.7. The van der Waals surface area contributed by atoms with Crippen molar-refractivity contribution in [3.63, 3.8) is 0 Å². The SMILES string of the molecule is CC(C)N(C(=O)CSc1nnc(N2CCCCC2)n1-c1ccccc1)C(C)C.